The summed E-state index contributed by atoms with van der Waals surface area (Å²) in [6.45, 7) is 1.00. The normalized spacial score (nSPS) is 28.8. The fourth-order valence-corrected chi connectivity index (χ4v) is 4.47. The Balaban J connectivity index is 1.71. The second-order valence-electron chi connectivity index (χ2n) is 7.91. The first-order valence-electron chi connectivity index (χ1n) is 10.1. The minimum absolute atomic E-state index is 0.452. The van der Waals surface area contributed by atoms with E-state index in [0.29, 0.717) is 12.3 Å². The van der Waals surface area contributed by atoms with Crippen molar-refractivity contribution in [2.45, 2.75) is 63.6 Å². The Morgan fingerprint density at radius 3 is 2.33 bits per heavy atom. The van der Waals surface area contributed by atoms with E-state index in [0.717, 1.165) is 11.5 Å². The predicted octanol–water partition coefficient (Wildman–Crippen LogP) is 6.95. The number of ether oxygens (including phenoxy) is 1. The molecule has 0 aliphatic heterocycles. The van der Waals surface area contributed by atoms with E-state index in [9.17, 15) is 13.2 Å². The second-order valence-corrected chi connectivity index (χ2v) is 7.91. The van der Waals surface area contributed by atoms with Gasteiger partial charge in [-0.05, 0) is 54.7 Å². The standard InChI is InChI=1S/C23H29F3O/c1-2-6-18-9-11-19(12-10-18)20-13-15-22(16-14-20,27-17-23(24,25)26)21-7-4-3-5-8-21/h3-5,7-8,13-15,18-19H,2,6,9-12,16-17H2,1H3/t18-,19-,22?. The first-order valence-corrected chi connectivity index (χ1v) is 10.1. The summed E-state index contributed by atoms with van der Waals surface area (Å²) in [5.74, 6) is 1.38. The van der Waals surface area contributed by atoms with Crippen molar-refractivity contribution in [3.63, 3.8) is 0 Å². The maximum Gasteiger partial charge on any atom is 0.411 e. The molecule has 4 heteroatoms. The summed E-state index contributed by atoms with van der Waals surface area (Å²) in [4.78, 5) is 0. The molecule has 0 spiro atoms. The molecule has 2 aliphatic rings. The van der Waals surface area contributed by atoms with Crippen LogP contribution in [0.3, 0.4) is 0 Å². The van der Waals surface area contributed by atoms with Gasteiger partial charge in [0.05, 0.1) is 0 Å². The molecule has 0 saturated heterocycles. The van der Waals surface area contributed by atoms with E-state index in [1.54, 1.807) is 0 Å². The van der Waals surface area contributed by atoms with Gasteiger partial charge in [-0.25, -0.2) is 0 Å². The third-order valence-corrected chi connectivity index (χ3v) is 5.96. The lowest BCUT2D eigenvalue weighted by Crippen LogP contribution is -2.33. The summed E-state index contributed by atoms with van der Waals surface area (Å²) in [5.41, 5.74) is 1.01. The van der Waals surface area contributed by atoms with Gasteiger partial charge in [-0.15, -0.1) is 0 Å². The third kappa shape index (κ3) is 5.25. The summed E-state index contributed by atoms with van der Waals surface area (Å²) in [7, 11) is 0. The van der Waals surface area contributed by atoms with Gasteiger partial charge in [-0.2, -0.15) is 13.2 Å². The highest BCUT2D eigenvalue weighted by Crippen LogP contribution is 2.41. The van der Waals surface area contributed by atoms with Crippen molar-refractivity contribution in [1.29, 1.82) is 0 Å². The minimum atomic E-state index is -4.34. The maximum atomic E-state index is 12.8. The van der Waals surface area contributed by atoms with Crippen molar-refractivity contribution in [1.82, 2.24) is 0 Å². The van der Waals surface area contributed by atoms with E-state index < -0.39 is 18.4 Å². The van der Waals surface area contributed by atoms with E-state index >= 15 is 0 Å². The van der Waals surface area contributed by atoms with Crippen molar-refractivity contribution in [3.8, 4) is 0 Å². The molecule has 1 fully saturated rings. The summed E-state index contributed by atoms with van der Waals surface area (Å²) in [6, 6.07) is 9.24. The molecule has 0 heterocycles. The Morgan fingerprint density at radius 1 is 1.07 bits per heavy atom. The molecular weight excluding hydrogens is 349 g/mol. The highest BCUT2D eigenvalue weighted by Gasteiger charge is 2.38. The topological polar surface area (TPSA) is 9.23 Å². The minimum Gasteiger partial charge on any atom is -0.356 e. The smallest absolute Gasteiger partial charge is 0.356 e. The lowest BCUT2D eigenvalue weighted by Gasteiger charge is -2.36. The van der Waals surface area contributed by atoms with Crippen LogP contribution < -0.4 is 0 Å². The Labute approximate surface area is 160 Å². The Morgan fingerprint density at radius 2 is 1.78 bits per heavy atom. The number of halogens is 3. The van der Waals surface area contributed by atoms with Crippen LogP contribution in [0.5, 0.6) is 0 Å². The molecule has 0 bridgehead atoms. The predicted molar refractivity (Wildman–Crippen MR) is 102 cm³/mol. The number of alkyl halides is 3. The zero-order chi connectivity index (χ0) is 19.3. The van der Waals surface area contributed by atoms with Gasteiger partial charge in [0.2, 0.25) is 0 Å². The largest absolute Gasteiger partial charge is 0.411 e. The molecular formula is C23H29F3O. The number of benzene rings is 1. The average Bonchev–Trinajstić information content (AvgIpc) is 2.68. The summed E-state index contributed by atoms with van der Waals surface area (Å²) in [5, 5.41) is 0. The van der Waals surface area contributed by atoms with Crippen molar-refractivity contribution >= 4 is 0 Å². The molecule has 0 N–H and O–H groups in total. The molecule has 1 atom stereocenters. The van der Waals surface area contributed by atoms with Crippen LogP contribution >= 0.6 is 0 Å². The van der Waals surface area contributed by atoms with Crippen LogP contribution in [0.2, 0.25) is 0 Å². The molecule has 1 nitrogen and oxygen atoms in total. The first kappa shape index (κ1) is 20.2. The van der Waals surface area contributed by atoms with Crippen molar-refractivity contribution in [2.24, 2.45) is 11.8 Å². The summed E-state index contributed by atoms with van der Waals surface area (Å²) in [6.07, 6.45) is 9.53. The van der Waals surface area contributed by atoms with E-state index in [-0.39, 0.29) is 0 Å². The number of hydrogen-bond acceptors (Lipinski definition) is 1. The van der Waals surface area contributed by atoms with Gasteiger partial charge in [-0.3, -0.25) is 0 Å². The van der Waals surface area contributed by atoms with Crippen LogP contribution in [-0.2, 0) is 10.3 Å². The number of rotatable bonds is 6. The van der Waals surface area contributed by atoms with Crippen LogP contribution in [-0.4, -0.2) is 12.8 Å². The molecule has 0 aromatic heterocycles. The number of allylic oxidation sites excluding steroid dienone is 2. The Bertz CT molecular complexity index is 654. The van der Waals surface area contributed by atoms with Crippen LogP contribution in [0.25, 0.3) is 0 Å². The van der Waals surface area contributed by atoms with Gasteiger partial charge < -0.3 is 4.74 Å². The van der Waals surface area contributed by atoms with Gasteiger partial charge in [-0.1, -0.05) is 62.2 Å². The van der Waals surface area contributed by atoms with Gasteiger partial charge in [0.15, 0.2) is 0 Å². The quantitative estimate of drug-likeness (QED) is 0.520. The molecule has 1 saturated carbocycles. The molecule has 1 aromatic carbocycles. The monoisotopic (exact) mass is 378 g/mol. The van der Waals surface area contributed by atoms with Gasteiger partial charge in [0.25, 0.3) is 0 Å². The molecule has 1 unspecified atom stereocenters. The van der Waals surface area contributed by atoms with Crippen molar-refractivity contribution in [3.05, 3.63) is 59.7 Å². The maximum absolute atomic E-state index is 12.8. The van der Waals surface area contributed by atoms with Gasteiger partial charge in [0.1, 0.15) is 12.2 Å². The Kier molecular flexibility index (Phi) is 6.46. The van der Waals surface area contributed by atoms with Crippen molar-refractivity contribution < 1.29 is 17.9 Å². The van der Waals surface area contributed by atoms with E-state index in [2.05, 4.69) is 13.0 Å². The zero-order valence-electron chi connectivity index (χ0n) is 16.0. The van der Waals surface area contributed by atoms with E-state index in [1.165, 1.54) is 44.1 Å². The summed E-state index contributed by atoms with van der Waals surface area (Å²) < 4.78 is 43.8. The third-order valence-electron chi connectivity index (χ3n) is 5.96. The summed E-state index contributed by atoms with van der Waals surface area (Å²) >= 11 is 0. The van der Waals surface area contributed by atoms with Crippen molar-refractivity contribution in [2.75, 3.05) is 6.61 Å². The Hall–Kier alpha value is -1.55. The van der Waals surface area contributed by atoms with Crippen LogP contribution in [0.15, 0.2) is 54.1 Å². The molecule has 2 aliphatic carbocycles. The van der Waals surface area contributed by atoms with E-state index in [4.69, 9.17) is 4.74 Å². The SMILES string of the molecule is CCC[C@H]1CC[C@H](C2=CCC(OCC(F)(F)F)(c3ccccc3)C=C2)CC1. The van der Waals surface area contributed by atoms with E-state index in [1.807, 2.05) is 42.5 Å². The zero-order valence-corrected chi connectivity index (χ0v) is 16.0. The second kappa shape index (κ2) is 8.64. The average molecular weight is 378 g/mol. The van der Waals surface area contributed by atoms with Crippen LogP contribution in [0.1, 0.15) is 57.4 Å². The molecule has 0 radical (unpaired) electrons. The first-order chi connectivity index (χ1) is 12.9. The lowest BCUT2D eigenvalue weighted by atomic mass is 9.74. The van der Waals surface area contributed by atoms with Crippen LogP contribution in [0, 0.1) is 11.8 Å². The van der Waals surface area contributed by atoms with Crippen LogP contribution in [0.4, 0.5) is 13.2 Å². The highest BCUT2D eigenvalue weighted by atomic mass is 19.4. The molecule has 27 heavy (non-hydrogen) atoms. The molecule has 0 amide bonds. The fourth-order valence-electron chi connectivity index (χ4n) is 4.47. The molecule has 148 valence electrons. The lowest BCUT2D eigenvalue weighted by molar-refractivity contribution is -0.199. The number of hydrogen-bond donors (Lipinski definition) is 0. The molecule has 1 aromatic rings. The van der Waals surface area contributed by atoms with Gasteiger partial charge >= 0.3 is 6.18 Å². The molecule has 3 rings (SSSR count). The fraction of sp³-hybridized carbons (Fsp3) is 0.565. The van der Waals surface area contributed by atoms with Gasteiger partial charge in [0, 0.05) is 6.42 Å². The highest BCUT2D eigenvalue weighted by molar-refractivity contribution is 5.37.